The van der Waals surface area contributed by atoms with Crippen molar-refractivity contribution in [3.8, 4) is 11.4 Å². The van der Waals surface area contributed by atoms with Gasteiger partial charge in [-0.2, -0.15) is 5.10 Å². The standard InChI is InChI=1S/C12H13BrN4/c1-17-12(15-11(16-17)7-2-3-7)8-4-5-10(14)9(13)6-8/h4-7H,2-3,14H2,1H3. The van der Waals surface area contributed by atoms with Crippen molar-refractivity contribution in [1.82, 2.24) is 14.8 Å². The van der Waals surface area contributed by atoms with Crippen molar-refractivity contribution in [3.05, 3.63) is 28.5 Å². The van der Waals surface area contributed by atoms with Crippen molar-refractivity contribution in [2.75, 3.05) is 5.73 Å². The van der Waals surface area contributed by atoms with E-state index < -0.39 is 0 Å². The first-order chi connectivity index (χ1) is 8.15. The molecule has 17 heavy (non-hydrogen) atoms. The Morgan fingerprint density at radius 1 is 1.41 bits per heavy atom. The molecule has 88 valence electrons. The molecule has 5 heteroatoms. The monoisotopic (exact) mass is 292 g/mol. The lowest BCUT2D eigenvalue weighted by molar-refractivity contribution is 0.750. The van der Waals surface area contributed by atoms with Gasteiger partial charge in [0.05, 0.1) is 0 Å². The fourth-order valence-electron chi connectivity index (χ4n) is 1.84. The van der Waals surface area contributed by atoms with Crippen LogP contribution in [-0.2, 0) is 7.05 Å². The molecule has 1 aromatic heterocycles. The van der Waals surface area contributed by atoms with Crippen LogP contribution in [0, 0.1) is 0 Å². The van der Waals surface area contributed by atoms with Crippen LogP contribution < -0.4 is 5.73 Å². The van der Waals surface area contributed by atoms with Gasteiger partial charge in [0.1, 0.15) is 0 Å². The number of anilines is 1. The summed E-state index contributed by atoms with van der Waals surface area (Å²) in [7, 11) is 1.93. The highest BCUT2D eigenvalue weighted by atomic mass is 79.9. The summed E-state index contributed by atoms with van der Waals surface area (Å²) < 4.78 is 2.73. The number of hydrogen-bond donors (Lipinski definition) is 1. The third kappa shape index (κ3) is 1.95. The van der Waals surface area contributed by atoms with E-state index in [-0.39, 0.29) is 0 Å². The van der Waals surface area contributed by atoms with Crippen LogP contribution in [0.25, 0.3) is 11.4 Å². The van der Waals surface area contributed by atoms with Gasteiger partial charge < -0.3 is 5.73 Å². The number of nitrogens with zero attached hydrogens (tertiary/aromatic N) is 3. The minimum atomic E-state index is 0.576. The van der Waals surface area contributed by atoms with Crippen LogP contribution in [0.2, 0.25) is 0 Å². The maximum atomic E-state index is 5.78. The molecule has 3 rings (SSSR count). The lowest BCUT2D eigenvalue weighted by Gasteiger charge is -2.02. The van der Waals surface area contributed by atoms with Gasteiger partial charge in [0.2, 0.25) is 0 Å². The first-order valence-electron chi connectivity index (χ1n) is 5.61. The molecule has 1 fully saturated rings. The molecule has 2 N–H and O–H groups in total. The molecule has 0 aliphatic heterocycles. The Kier molecular flexibility index (Phi) is 2.43. The van der Waals surface area contributed by atoms with Crippen LogP contribution in [0.3, 0.4) is 0 Å². The summed E-state index contributed by atoms with van der Waals surface area (Å²) in [5.74, 6) is 2.44. The van der Waals surface area contributed by atoms with E-state index in [2.05, 4.69) is 26.0 Å². The van der Waals surface area contributed by atoms with Crippen molar-refractivity contribution in [1.29, 1.82) is 0 Å². The predicted octanol–water partition coefficient (Wildman–Crippen LogP) is 2.70. The van der Waals surface area contributed by atoms with Crippen molar-refractivity contribution in [2.24, 2.45) is 7.05 Å². The van der Waals surface area contributed by atoms with E-state index in [9.17, 15) is 0 Å². The molecule has 1 aliphatic carbocycles. The Hall–Kier alpha value is -1.36. The van der Waals surface area contributed by atoms with Crippen LogP contribution in [0.1, 0.15) is 24.6 Å². The molecule has 4 nitrogen and oxygen atoms in total. The van der Waals surface area contributed by atoms with Crippen molar-refractivity contribution in [3.63, 3.8) is 0 Å². The second-order valence-electron chi connectivity index (χ2n) is 4.43. The van der Waals surface area contributed by atoms with Gasteiger partial charge >= 0.3 is 0 Å². The molecule has 2 aromatic rings. The molecule has 0 spiro atoms. The normalized spacial score (nSPS) is 15.2. The van der Waals surface area contributed by atoms with Gasteiger partial charge in [-0.1, -0.05) is 0 Å². The van der Waals surface area contributed by atoms with Gasteiger partial charge in [0.15, 0.2) is 11.6 Å². The number of hydrogen-bond acceptors (Lipinski definition) is 3. The Bertz CT molecular complexity index is 572. The highest BCUT2D eigenvalue weighted by Crippen LogP contribution is 2.39. The second kappa shape index (κ2) is 3.84. The summed E-state index contributed by atoms with van der Waals surface area (Å²) in [6.45, 7) is 0. The van der Waals surface area contributed by atoms with Gasteiger partial charge in [0.25, 0.3) is 0 Å². The second-order valence-corrected chi connectivity index (χ2v) is 5.28. The van der Waals surface area contributed by atoms with Gasteiger partial charge in [-0.15, -0.1) is 0 Å². The number of halogens is 1. The van der Waals surface area contributed by atoms with Crippen LogP contribution in [-0.4, -0.2) is 14.8 Å². The molecule has 0 atom stereocenters. The average molecular weight is 293 g/mol. The molecule has 1 aromatic carbocycles. The van der Waals surface area contributed by atoms with E-state index in [0.29, 0.717) is 5.92 Å². The molecule has 1 saturated carbocycles. The van der Waals surface area contributed by atoms with Gasteiger partial charge in [-0.05, 0) is 47.0 Å². The quantitative estimate of drug-likeness (QED) is 0.866. The minimum absolute atomic E-state index is 0.576. The Morgan fingerprint density at radius 3 is 2.82 bits per heavy atom. The number of aromatic nitrogens is 3. The van der Waals surface area contributed by atoms with Crippen molar-refractivity contribution in [2.45, 2.75) is 18.8 Å². The summed E-state index contributed by atoms with van der Waals surface area (Å²) in [5, 5.41) is 4.46. The zero-order valence-electron chi connectivity index (χ0n) is 9.52. The largest absolute Gasteiger partial charge is 0.398 e. The Morgan fingerprint density at radius 2 is 2.18 bits per heavy atom. The molecule has 1 aliphatic rings. The van der Waals surface area contributed by atoms with Crippen LogP contribution in [0.15, 0.2) is 22.7 Å². The molecular weight excluding hydrogens is 280 g/mol. The highest BCUT2D eigenvalue weighted by Gasteiger charge is 2.28. The fourth-order valence-corrected chi connectivity index (χ4v) is 2.22. The molecule has 0 bridgehead atoms. The third-order valence-corrected chi connectivity index (χ3v) is 3.67. The lowest BCUT2D eigenvalue weighted by Crippen LogP contribution is -1.95. The average Bonchev–Trinajstić information content (AvgIpc) is 3.07. The van der Waals surface area contributed by atoms with Crippen LogP contribution >= 0.6 is 15.9 Å². The summed E-state index contributed by atoms with van der Waals surface area (Å²) in [6, 6.07) is 5.84. The van der Waals surface area contributed by atoms with E-state index in [1.807, 2.05) is 29.9 Å². The third-order valence-electron chi connectivity index (χ3n) is 2.98. The van der Waals surface area contributed by atoms with E-state index in [0.717, 1.165) is 27.4 Å². The van der Waals surface area contributed by atoms with E-state index >= 15 is 0 Å². The summed E-state index contributed by atoms with van der Waals surface area (Å²) in [6.07, 6.45) is 2.43. The molecule has 0 radical (unpaired) electrons. The summed E-state index contributed by atoms with van der Waals surface area (Å²) in [4.78, 5) is 4.60. The van der Waals surface area contributed by atoms with Gasteiger partial charge in [0, 0.05) is 28.7 Å². The number of nitrogen functional groups attached to an aromatic ring is 1. The smallest absolute Gasteiger partial charge is 0.158 e. The molecule has 0 unspecified atom stereocenters. The van der Waals surface area contributed by atoms with Crippen LogP contribution in [0.5, 0.6) is 0 Å². The molecule has 0 amide bonds. The van der Waals surface area contributed by atoms with Crippen molar-refractivity contribution >= 4 is 21.6 Å². The fraction of sp³-hybridized carbons (Fsp3) is 0.333. The molecule has 1 heterocycles. The summed E-state index contributed by atoms with van der Waals surface area (Å²) in [5.41, 5.74) is 7.55. The Labute approximate surface area is 108 Å². The van der Waals surface area contributed by atoms with E-state index in [4.69, 9.17) is 5.73 Å². The number of nitrogens with two attached hydrogens (primary N) is 1. The zero-order valence-corrected chi connectivity index (χ0v) is 11.1. The lowest BCUT2D eigenvalue weighted by atomic mass is 10.2. The molecule has 0 saturated heterocycles. The summed E-state index contributed by atoms with van der Waals surface area (Å²) >= 11 is 3.43. The van der Waals surface area contributed by atoms with Crippen LogP contribution in [0.4, 0.5) is 5.69 Å². The van der Waals surface area contributed by atoms with E-state index in [1.165, 1.54) is 12.8 Å². The maximum absolute atomic E-state index is 5.78. The molecular formula is C12H13BrN4. The number of aryl methyl sites for hydroxylation is 1. The van der Waals surface area contributed by atoms with E-state index in [1.54, 1.807) is 0 Å². The maximum Gasteiger partial charge on any atom is 0.158 e. The Balaban J connectivity index is 2.04. The van der Waals surface area contributed by atoms with Crippen molar-refractivity contribution < 1.29 is 0 Å². The minimum Gasteiger partial charge on any atom is -0.398 e. The zero-order chi connectivity index (χ0) is 12.0. The highest BCUT2D eigenvalue weighted by molar-refractivity contribution is 9.10. The topological polar surface area (TPSA) is 56.7 Å². The first-order valence-corrected chi connectivity index (χ1v) is 6.41. The number of rotatable bonds is 2. The SMILES string of the molecule is Cn1nc(C2CC2)nc1-c1ccc(N)c(Br)c1. The first kappa shape index (κ1) is 10.8. The number of benzene rings is 1. The predicted molar refractivity (Wildman–Crippen MR) is 70.5 cm³/mol. The van der Waals surface area contributed by atoms with Gasteiger partial charge in [-0.25, -0.2) is 9.67 Å². The van der Waals surface area contributed by atoms with Gasteiger partial charge in [-0.3, -0.25) is 0 Å².